The Morgan fingerprint density at radius 1 is 0.412 bits per heavy atom. The molecule has 0 unspecified atom stereocenters. The van der Waals surface area contributed by atoms with E-state index in [1.807, 2.05) is 0 Å². The van der Waals surface area contributed by atoms with Crippen molar-refractivity contribution in [3.05, 3.63) is 0 Å². The van der Waals surface area contributed by atoms with Gasteiger partial charge in [0.1, 0.15) is 0 Å². The van der Waals surface area contributed by atoms with Crippen LogP contribution in [0.4, 0.5) is 0 Å². The molecule has 0 radical (unpaired) electrons. The molecule has 0 N–H and O–H groups in total. The second-order valence-electron chi connectivity index (χ2n) is 0.894. The molecule has 0 aromatic heterocycles. The van der Waals surface area contributed by atoms with Crippen LogP contribution < -0.4 is 14.5 Å². The van der Waals surface area contributed by atoms with E-state index >= 15 is 0 Å². The summed E-state index contributed by atoms with van der Waals surface area (Å²) in [4.78, 5) is 0. The molecule has 0 aliphatic heterocycles. The van der Waals surface area contributed by atoms with E-state index in [1.165, 1.54) is 0 Å². The topological polar surface area (TPSA) is 229 Å². The van der Waals surface area contributed by atoms with Gasteiger partial charge in [0, 0.05) is 0 Å². The average molecular weight is 636 g/mol. The Morgan fingerprint density at radius 3 is 0.412 bits per heavy atom. The van der Waals surface area contributed by atoms with Crippen molar-refractivity contribution >= 4 is 17.6 Å². The van der Waals surface area contributed by atoms with E-state index in [9.17, 15) is 0 Å². The number of rotatable bonds is 0. The van der Waals surface area contributed by atoms with Gasteiger partial charge in [0.15, 0.2) is 0 Å². The van der Waals surface area contributed by atoms with E-state index in [0.717, 1.165) is 0 Å². The first-order chi connectivity index (χ1) is 6.93. The molecule has 17 heavy (non-hydrogen) atoms. The van der Waals surface area contributed by atoms with Gasteiger partial charge in [-0.05, 0) is 0 Å². The Balaban J connectivity index is -0.0000000369. The summed E-state index contributed by atoms with van der Waals surface area (Å²) in [6.07, 6.45) is 0. The van der Waals surface area contributed by atoms with E-state index in [0.29, 0.717) is 0 Å². The molecule has 0 bridgehead atoms. The molecule has 0 aromatic rings. The van der Waals surface area contributed by atoms with Crippen LogP contribution in [0.3, 0.4) is 0 Å². The summed E-state index contributed by atoms with van der Waals surface area (Å²) in [5.74, 6) is 0. The third kappa shape index (κ3) is 1450. The molecule has 0 spiro atoms. The summed E-state index contributed by atoms with van der Waals surface area (Å²) in [7, 11) is 0. The van der Waals surface area contributed by atoms with E-state index in [4.69, 9.17) is 40.5 Å². The molecule has 12 nitrogen and oxygen atoms in total. The maximum atomic E-state index is 8.60. The molecular formula is GeNb4O12. The van der Waals surface area contributed by atoms with Crippen LogP contribution in [0.2, 0.25) is 0 Å². The van der Waals surface area contributed by atoms with Crippen molar-refractivity contribution in [3.63, 3.8) is 0 Å². The molecule has 17 heteroatoms. The fraction of sp³-hybridized carbons (Fsp3) is 0. The Bertz CT molecular complexity index is 292. The monoisotopic (exact) mass is 637 g/mol. The van der Waals surface area contributed by atoms with Crippen LogP contribution in [-0.4, -0.2) is 17.6 Å². The Labute approximate surface area is 131 Å². The van der Waals surface area contributed by atoms with Gasteiger partial charge in [0.2, 0.25) is 0 Å². The molecule has 0 fully saturated rings. The third-order valence-electron chi connectivity index (χ3n) is 0. The Kier molecular flexibility index (Phi) is 48.4. The molecule has 96 valence electrons. The van der Waals surface area contributed by atoms with Crippen molar-refractivity contribution in [3.8, 4) is 0 Å². The van der Waals surface area contributed by atoms with E-state index in [1.54, 1.807) is 0 Å². The van der Waals surface area contributed by atoms with Crippen LogP contribution in [0, 0.1) is 0 Å². The molecule has 0 aliphatic rings. The van der Waals surface area contributed by atoms with Crippen molar-refractivity contribution < 1.29 is 116 Å². The summed E-state index contributed by atoms with van der Waals surface area (Å²) >= 11 is -16.8. The van der Waals surface area contributed by atoms with Crippen molar-refractivity contribution in [1.82, 2.24) is 0 Å². The van der Waals surface area contributed by atoms with Crippen LogP contribution in [0.1, 0.15) is 0 Å². The van der Waals surface area contributed by atoms with Gasteiger partial charge in [-0.3, -0.25) is 0 Å². The molecule has 0 amide bonds. The van der Waals surface area contributed by atoms with E-state index in [2.05, 4.69) is 0 Å². The first kappa shape index (κ1) is 31.2. The SMILES string of the molecule is [Ge+4].[O]=[Nb](=[O])[O-].[O]=[Nb](=[O])[O-].[O]=[Nb](=[O])[O-].[O]=[Nb](=[O])[O-]. The van der Waals surface area contributed by atoms with Crippen LogP contribution >= 0.6 is 0 Å². The summed E-state index contributed by atoms with van der Waals surface area (Å²) < 4.78 is 103. The second kappa shape index (κ2) is 26.3. The van der Waals surface area contributed by atoms with Crippen LogP contribution in [-0.2, 0) is 101 Å². The normalized spacial score (nSPS) is 5.88. The molecule has 0 aromatic carbocycles. The Hall–Kier alpha value is 1.74. The minimum atomic E-state index is -4.20. The molecule has 0 rings (SSSR count). The van der Waals surface area contributed by atoms with Crippen LogP contribution in [0.5, 0.6) is 0 Å². The minimum absolute atomic E-state index is 0. The van der Waals surface area contributed by atoms with Gasteiger partial charge in [-0.25, -0.2) is 0 Å². The molecule has 0 saturated carbocycles. The third-order valence-corrected chi connectivity index (χ3v) is 0. The molecule has 0 atom stereocenters. The van der Waals surface area contributed by atoms with Crippen molar-refractivity contribution in [1.29, 1.82) is 0 Å². The first-order valence-electron chi connectivity index (χ1n) is 2.19. The zero-order chi connectivity index (χ0) is 14.3. The summed E-state index contributed by atoms with van der Waals surface area (Å²) in [5.41, 5.74) is 0. The zero-order valence-electron chi connectivity index (χ0n) is 7.19. The van der Waals surface area contributed by atoms with Crippen molar-refractivity contribution in [2.75, 3.05) is 0 Å². The predicted molar refractivity (Wildman–Crippen MR) is 11.2 cm³/mol. The zero-order valence-corrected chi connectivity index (χ0v) is 18.1. The predicted octanol–water partition coefficient (Wildman–Crippen LogP) is -6.10. The molecule has 0 heterocycles. The molecule has 0 aliphatic carbocycles. The summed E-state index contributed by atoms with van der Waals surface area (Å²) in [6.45, 7) is 0. The quantitative estimate of drug-likeness (QED) is 0.226. The van der Waals surface area contributed by atoms with Crippen molar-refractivity contribution in [2.45, 2.75) is 0 Å². The number of hydrogen-bond donors (Lipinski definition) is 0. The standard InChI is InChI=1S/Ge.4Nb.12O/q+4;;;;;;;;;;;;;4*-1. The Morgan fingerprint density at radius 2 is 0.412 bits per heavy atom. The van der Waals surface area contributed by atoms with Gasteiger partial charge in [-0.2, -0.15) is 0 Å². The van der Waals surface area contributed by atoms with Gasteiger partial charge >= 0.3 is 133 Å². The van der Waals surface area contributed by atoms with Gasteiger partial charge in [0.05, 0.1) is 0 Å². The summed E-state index contributed by atoms with van der Waals surface area (Å²) in [6, 6.07) is 0. The molecular weight excluding hydrogens is 636 g/mol. The van der Waals surface area contributed by atoms with E-state index < -0.39 is 75.1 Å². The van der Waals surface area contributed by atoms with Crippen LogP contribution in [0.25, 0.3) is 0 Å². The van der Waals surface area contributed by atoms with Gasteiger partial charge in [-0.1, -0.05) is 0 Å². The van der Waals surface area contributed by atoms with Crippen LogP contribution in [0.15, 0.2) is 0 Å². The fourth-order valence-electron chi connectivity index (χ4n) is 0. The van der Waals surface area contributed by atoms with E-state index in [-0.39, 0.29) is 17.6 Å². The average Bonchev–Trinajstić information content (AvgIpc) is 1.76. The summed E-state index contributed by atoms with van der Waals surface area (Å²) in [5, 5.41) is 0. The first-order valence-corrected chi connectivity index (χ1v) is 13.0. The fourth-order valence-corrected chi connectivity index (χ4v) is 0. The maximum absolute atomic E-state index is 8.60. The second-order valence-corrected chi connectivity index (χ2v) is 5.29. The van der Waals surface area contributed by atoms with Crippen molar-refractivity contribution in [2.24, 2.45) is 0 Å². The van der Waals surface area contributed by atoms with Gasteiger partial charge in [-0.15, -0.1) is 0 Å². The van der Waals surface area contributed by atoms with Gasteiger partial charge in [0.25, 0.3) is 0 Å². The number of hydrogen-bond acceptors (Lipinski definition) is 12. The van der Waals surface area contributed by atoms with Gasteiger partial charge < -0.3 is 0 Å². The molecule has 0 saturated heterocycles.